The third kappa shape index (κ3) is 4.76. The van der Waals surface area contributed by atoms with Gasteiger partial charge in [-0.25, -0.2) is 4.39 Å². The van der Waals surface area contributed by atoms with Crippen molar-refractivity contribution in [3.8, 4) is 0 Å². The number of aryl methyl sites for hydroxylation is 1. The van der Waals surface area contributed by atoms with Crippen LogP contribution in [0.3, 0.4) is 0 Å². The summed E-state index contributed by atoms with van der Waals surface area (Å²) in [5, 5.41) is 5.54. The minimum atomic E-state index is -0.414. The van der Waals surface area contributed by atoms with Crippen molar-refractivity contribution >= 4 is 17.5 Å². The summed E-state index contributed by atoms with van der Waals surface area (Å²) < 4.78 is 13.6. The molecule has 0 aliphatic carbocycles. The van der Waals surface area contributed by atoms with Gasteiger partial charge in [0.15, 0.2) is 0 Å². The van der Waals surface area contributed by atoms with Gasteiger partial charge in [0, 0.05) is 30.2 Å². The summed E-state index contributed by atoms with van der Waals surface area (Å²) in [6.07, 6.45) is 3.08. The van der Waals surface area contributed by atoms with E-state index in [0.717, 1.165) is 5.56 Å². The molecule has 136 valence electrons. The van der Waals surface area contributed by atoms with Crippen molar-refractivity contribution in [3.63, 3.8) is 0 Å². The van der Waals surface area contributed by atoms with E-state index in [1.165, 1.54) is 12.3 Å². The lowest BCUT2D eigenvalue weighted by Crippen LogP contribution is -2.23. The van der Waals surface area contributed by atoms with Crippen LogP contribution in [-0.2, 0) is 6.54 Å². The normalized spacial score (nSPS) is 10.3. The molecule has 27 heavy (non-hydrogen) atoms. The molecule has 0 fully saturated rings. The van der Waals surface area contributed by atoms with Gasteiger partial charge in [-0.15, -0.1) is 0 Å². The third-order valence-electron chi connectivity index (χ3n) is 4.00. The average Bonchev–Trinajstić information content (AvgIpc) is 2.69. The SMILES string of the molecule is Cc1ccc(C(=O)NCc2cccc(NC(=O)c3cccnc3)c2)cc1F. The van der Waals surface area contributed by atoms with Crippen LogP contribution >= 0.6 is 0 Å². The van der Waals surface area contributed by atoms with Gasteiger partial charge in [0.25, 0.3) is 11.8 Å². The second-order valence-electron chi connectivity index (χ2n) is 6.04. The number of halogens is 1. The summed E-state index contributed by atoms with van der Waals surface area (Å²) in [4.78, 5) is 28.3. The molecule has 2 amide bonds. The molecule has 0 bridgehead atoms. The van der Waals surface area contributed by atoms with Crippen LogP contribution in [0, 0.1) is 12.7 Å². The molecule has 5 nitrogen and oxygen atoms in total. The maximum atomic E-state index is 13.6. The number of anilines is 1. The highest BCUT2D eigenvalue weighted by molar-refractivity contribution is 6.04. The van der Waals surface area contributed by atoms with Crippen LogP contribution in [0.25, 0.3) is 0 Å². The Morgan fingerprint density at radius 3 is 2.59 bits per heavy atom. The highest BCUT2D eigenvalue weighted by Gasteiger charge is 2.09. The second kappa shape index (κ2) is 8.23. The van der Waals surface area contributed by atoms with Crippen LogP contribution in [0.5, 0.6) is 0 Å². The van der Waals surface area contributed by atoms with Crippen molar-refractivity contribution in [3.05, 3.63) is 95.1 Å². The molecule has 0 aliphatic rings. The van der Waals surface area contributed by atoms with Gasteiger partial charge in [0.2, 0.25) is 0 Å². The lowest BCUT2D eigenvalue weighted by molar-refractivity contribution is 0.0949. The summed E-state index contributed by atoms with van der Waals surface area (Å²) >= 11 is 0. The first-order chi connectivity index (χ1) is 13.0. The van der Waals surface area contributed by atoms with Crippen molar-refractivity contribution in [1.29, 1.82) is 0 Å². The zero-order valence-electron chi connectivity index (χ0n) is 14.7. The van der Waals surface area contributed by atoms with Crippen molar-refractivity contribution in [2.24, 2.45) is 0 Å². The fraction of sp³-hybridized carbons (Fsp3) is 0.0952. The van der Waals surface area contributed by atoms with Gasteiger partial charge in [-0.1, -0.05) is 18.2 Å². The molecule has 0 unspecified atom stereocenters. The van der Waals surface area contributed by atoms with E-state index in [0.29, 0.717) is 16.8 Å². The standard InChI is InChI=1S/C21H18FN3O2/c1-14-7-8-16(11-19(14)22)20(26)24-12-15-4-2-6-18(10-15)25-21(27)17-5-3-9-23-13-17/h2-11,13H,12H2,1H3,(H,24,26)(H,25,27). The lowest BCUT2D eigenvalue weighted by Gasteiger charge is -2.09. The summed E-state index contributed by atoms with van der Waals surface area (Å²) in [5.41, 5.74) is 2.62. The second-order valence-corrected chi connectivity index (χ2v) is 6.04. The molecular formula is C21H18FN3O2. The molecule has 0 atom stereocenters. The van der Waals surface area contributed by atoms with Crippen LogP contribution in [-0.4, -0.2) is 16.8 Å². The van der Waals surface area contributed by atoms with Gasteiger partial charge >= 0.3 is 0 Å². The number of rotatable bonds is 5. The molecule has 0 spiro atoms. The van der Waals surface area contributed by atoms with Crippen molar-refractivity contribution in [2.75, 3.05) is 5.32 Å². The predicted octanol–water partition coefficient (Wildman–Crippen LogP) is 3.71. The summed E-state index contributed by atoms with van der Waals surface area (Å²) in [6, 6.07) is 14.9. The molecule has 6 heteroatoms. The van der Waals surface area contributed by atoms with Crippen molar-refractivity contribution in [1.82, 2.24) is 10.3 Å². The molecule has 0 radical (unpaired) electrons. The van der Waals surface area contributed by atoms with Gasteiger partial charge in [0.05, 0.1) is 5.56 Å². The van der Waals surface area contributed by atoms with Gasteiger partial charge in [0.1, 0.15) is 5.82 Å². The summed E-state index contributed by atoms with van der Waals surface area (Å²) in [7, 11) is 0. The maximum absolute atomic E-state index is 13.6. The topological polar surface area (TPSA) is 71.1 Å². The van der Waals surface area contributed by atoms with E-state index in [1.54, 1.807) is 55.6 Å². The molecule has 1 heterocycles. The summed E-state index contributed by atoms with van der Waals surface area (Å²) in [5.74, 6) is -1.04. The Balaban J connectivity index is 1.63. The zero-order chi connectivity index (χ0) is 19.2. The maximum Gasteiger partial charge on any atom is 0.257 e. The van der Waals surface area contributed by atoms with Crippen LogP contribution in [0.1, 0.15) is 31.8 Å². The molecule has 1 aromatic heterocycles. The van der Waals surface area contributed by atoms with E-state index < -0.39 is 5.82 Å². The van der Waals surface area contributed by atoms with Gasteiger partial charge in [-0.2, -0.15) is 0 Å². The number of hydrogen-bond acceptors (Lipinski definition) is 3. The Morgan fingerprint density at radius 2 is 1.85 bits per heavy atom. The van der Waals surface area contributed by atoms with Gasteiger partial charge < -0.3 is 10.6 Å². The van der Waals surface area contributed by atoms with E-state index in [-0.39, 0.29) is 23.9 Å². The fourth-order valence-corrected chi connectivity index (χ4v) is 2.48. The Hall–Kier alpha value is -3.54. The molecule has 2 aromatic carbocycles. The number of amides is 2. The Labute approximate surface area is 156 Å². The fourth-order valence-electron chi connectivity index (χ4n) is 2.48. The smallest absolute Gasteiger partial charge is 0.257 e. The Kier molecular flexibility index (Phi) is 5.56. The highest BCUT2D eigenvalue weighted by atomic mass is 19.1. The molecule has 0 aliphatic heterocycles. The summed E-state index contributed by atoms with van der Waals surface area (Å²) in [6.45, 7) is 1.90. The van der Waals surface area contributed by atoms with E-state index in [4.69, 9.17) is 0 Å². The van der Waals surface area contributed by atoms with Crippen LogP contribution in [0.15, 0.2) is 67.0 Å². The lowest BCUT2D eigenvalue weighted by atomic mass is 10.1. The molecule has 3 aromatic rings. The van der Waals surface area contributed by atoms with E-state index in [2.05, 4.69) is 15.6 Å². The van der Waals surface area contributed by atoms with Crippen molar-refractivity contribution < 1.29 is 14.0 Å². The Bertz CT molecular complexity index is 974. The molecule has 2 N–H and O–H groups in total. The predicted molar refractivity (Wildman–Crippen MR) is 101 cm³/mol. The quantitative estimate of drug-likeness (QED) is 0.726. The minimum absolute atomic E-state index is 0.255. The molecule has 0 saturated carbocycles. The third-order valence-corrected chi connectivity index (χ3v) is 4.00. The Morgan fingerprint density at radius 1 is 1.00 bits per heavy atom. The molecule has 0 saturated heterocycles. The van der Waals surface area contributed by atoms with E-state index in [1.807, 2.05) is 6.07 Å². The first kappa shape index (κ1) is 18.3. The average molecular weight is 363 g/mol. The van der Waals surface area contributed by atoms with E-state index >= 15 is 0 Å². The minimum Gasteiger partial charge on any atom is -0.348 e. The van der Waals surface area contributed by atoms with Gasteiger partial charge in [-0.05, 0) is 54.4 Å². The number of carbonyl (C=O) groups excluding carboxylic acids is 2. The number of aromatic nitrogens is 1. The van der Waals surface area contributed by atoms with Crippen LogP contribution in [0.4, 0.5) is 10.1 Å². The number of carbonyl (C=O) groups is 2. The first-order valence-electron chi connectivity index (χ1n) is 8.37. The van der Waals surface area contributed by atoms with E-state index in [9.17, 15) is 14.0 Å². The van der Waals surface area contributed by atoms with Crippen LogP contribution < -0.4 is 10.6 Å². The zero-order valence-corrected chi connectivity index (χ0v) is 14.7. The largest absolute Gasteiger partial charge is 0.348 e. The van der Waals surface area contributed by atoms with Crippen molar-refractivity contribution in [2.45, 2.75) is 13.5 Å². The first-order valence-corrected chi connectivity index (χ1v) is 8.37. The molecule has 3 rings (SSSR count). The monoisotopic (exact) mass is 363 g/mol. The van der Waals surface area contributed by atoms with Gasteiger partial charge in [-0.3, -0.25) is 14.6 Å². The number of benzene rings is 2. The molecular weight excluding hydrogens is 345 g/mol. The number of nitrogens with zero attached hydrogens (tertiary/aromatic N) is 1. The number of pyridine rings is 1. The highest BCUT2D eigenvalue weighted by Crippen LogP contribution is 2.13. The number of nitrogens with one attached hydrogen (secondary N) is 2. The number of hydrogen-bond donors (Lipinski definition) is 2. The van der Waals surface area contributed by atoms with Crippen LogP contribution in [0.2, 0.25) is 0 Å².